The van der Waals surface area contributed by atoms with Crippen LogP contribution in [0.3, 0.4) is 0 Å². The third-order valence-electron chi connectivity index (χ3n) is 3.86. The highest BCUT2D eigenvalue weighted by atomic mass is 15.2. The molecule has 1 aromatic carbocycles. The van der Waals surface area contributed by atoms with Crippen LogP contribution in [0.25, 0.3) is 0 Å². The maximum atomic E-state index is 4.21. The van der Waals surface area contributed by atoms with Gasteiger partial charge in [0.15, 0.2) is 0 Å². The van der Waals surface area contributed by atoms with E-state index >= 15 is 0 Å². The van der Waals surface area contributed by atoms with Gasteiger partial charge in [-0.25, -0.2) is 0 Å². The second-order valence-corrected chi connectivity index (χ2v) is 6.17. The second kappa shape index (κ2) is 6.41. The van der Waals surface area contributed by atoms with Crippen LogP contribution >= 0.6 is 0 Å². The summed E-state index contributed by atoms with van der Waals surface area (Å²) in [5.41, 5.74) is 3.99. The quantitative estimate of drug-likeness (QED) is 0.847. The SMILES string of the molecule is CN(Cc1ccc(CNC2CC2)cc1)Cc1cnn(C)c1. The van der Waals surface area contributed by atoms with Gasteiger partial charge in [0.25, 0.3) is 0 Å². The minimum atomic E-state index is 0.773. The number of nitrogens with zero attached hydrogens (tertiary/aromatic N) is 3. The van der Waals surface area contributed by atoms with Crippen molar-refractivity contribution in [2.45, 2.75) is 38.5 Å². The van der Waals surface area contributed by atoms with Crippen LogP contribution in [0.2, 0.25) is 0 Å². The summed E-state index contributed by atoms with van der Waals surface area (Å²) in [6.45, 7) is 2.89. The smallest absolute Gasteiger partial charge is 0.0534 e. The molecule has 0 saturated heterocycles. The largest absolute Gasteiger partial charge is 0.310 e. The summed E-state index contributed by atoms with van der Waals surface area (Å²) in [7, 11) is 4.10. The predicted octanol–water partition coefficient (Wildman–Crippen LogP) is 2.30. The highest BCUT2D eigenvalue weighted by molar-refractivity contribution is 5.22. The zero-order chi connectivity index (χ0) is 14.7. The van der Waals surface area contributed by atoms with Crippen molar-refractivity contribution >= 4 is 0 Å². The van der Waals surface area contributed by atoms with E-state index in [4.69, 9.17) is 0 Å². The monoisotopic (exact) mass is 284 g/mol. The molecule has 1 aliphatic carbocycles. The van der Waals surface area contributed by atoms with Crippen LogP contribution in [-0.2, 0) is 26.7 Å². The van der Waals surface area contributed by atoms with E-state index < -0.39 is 0 Å². The molecule has 0 bridgehead atoms. The lowest BCUT2D eigenvalue weighted by Gasteiger charge is -2.16. The molecule has 21 heavy (non-hydrogen) atoms. The minimum Gasteiger partial charge on any atom is -0.310 e. The van der Waals surface area contributed by atoms with Gasteiger partial charge in [-0.05, 0) is 31.0 Å². The topological polar surface area (TPSA) is 33.1 Å². The van der Waals surface area contributed by atoms with Crippen molar-refractivity contribution < 1.29 is 0 Å². The molecule has 0 spiro atoms. The first-order valence-electron chi connectivity index (χ1n) is 7.66. The third-order valence-corrected chi connectivity index (χ3v) is 3.86. The average molecular weight is 284 g/mol. The van der Waals surface area contributed by atoms with Gasteiger partial charge < -0.3 is 5.32 Å². The maximum Gasteiger partial charge on any atom is 0.0534 e. The Bertz CT molecular complexity index is 569. The van der Waals surface area contributed by atoms with Crippen molar-refractivity contribution in [2.24, 2.45) is 7.05 Å². The first kappa shape index (κ1) is 14.3. The summed E-state index contributed by atoms with van der Waals surface area (Å²) in [5, 5.41) is 7.76. The summed E-state index contributed by atoms with van der Waals surface area (Å²) in [5.74, 6) is 0. The van der Waals surface area contributed by atoms with E-state index in [2.05, 4.69) is 52.8 Å². The van der Waals surface area contributed by atoms with Crippen molar-refractivity contribution in [1.82, 2.24) is 20.0 Å². The molecule has 1 saturated carbocycles. The fourth-order valence-electron chi connectivity index (χ4n) is 2.54. The number of nitrogens with one attached hydrogen (secondary N) is 1. The lowest BCUT2D eigenvalue weighted by Crippen LogP contribution is -2.17. The van der Waals surface area contributed by atoms with Gasteiger partial charge in [-0.2, -0.15) is 5.10 Å². The summed E-state index contributed by atoms with van der Waals surface area (Å²) >= 11 is 0. The Morgan fingerprint density at radius 1 is 1.14 bits per heavy atom. The Hall–Kier alpha value is -1.65. The Morgan fingerprint density at radius 2 is 1.81 bits per heavy atom. The number of aromatic nitrogens is 2. The van der Waals surface area contributed by atoms with E-state index in [9.17, 15) is 0 Å². The molecule has 1 fully saturated rings. The average Bonchev–Trinajstić information content (AvgIpc) is 3.21. The van der Waals surface area contributed by atoms with Gasteiger partial charge >= 0.3 is 0 Å². The molecule has 1 aliphatic rings. The standard InChI is InChI=1S/C17H24N4/c1-20(12-16-10-19-21(2)13-16)11-15-5-3-14(4-6-15)9-18-17-7-8-17/h3-6,10,13,17-18H,7-9,11-12H2,1-2H3. The molecule has 3 rings (SSSR count). The number of benzene rings is 1. The third kappa shape index (κ3) is 4.41. The molecule has 0 radical (unpaired) electrons. The van der Waals surface area contributed by atoms with Crippen LogP contribution in [0.1, 0.15) is 29.5 Å². The summed E-state index contributed by atoms with van der Waals surface area (Å²) in [6, 6.07) is 9.73. The molecule has 2 aromatic rings. The molecule has 0 aliphatic heterocycles. The van der Waals surface area contributed by atoms with E-state index in [0.29, 0.717) is 0 Å². The van der Waals surface area contributed by atoms with Crippen LogP contribution in [0, 0.1) is 0 Å². The fraction of sp³-hybridized carbons (Fsp3) is 0.471. The van der Waals surface area contributed by atoms with E-state index in [1.807, 2.05) is 17.9 Å². The maximum absolute atomic E-state index is 4.21. The molecule has 1 aromatic heterocycles. The zero-order valence-corrected chi connectivity index (χ0v) is 12.9. The zero-order valence-electron chi connectivity index (χ0n) is 12.9. The van der Waals surface area contributed by atoms with Gasteiger partial charge in [-0.3, -0.25) is 9.58 Å². The van der Waals surface area contributed by atoms with Crippen molar-refractivity contribution in [3.05, 3.63) is 53.3 Å². The first-order valence-corrected chi connectivity index (χ1v) is 7.66. The Morgan fingerprint density at radius 3 is 2.43 bits per heavy atom. The summed E-state index contributed by atoms with van der Waals surface area (Å²) in [4.78, 5) is 2.31. The van der Waals surface area contributed by atoms with E-state index in [1.165, 1.54) is 29.5 Å². The van der Waals surface area contributed by atoms with Gasteiger partial charge in [0.05, 0.1) is 6.20 Å². The van der Waals surface area contributed by atoms with Gasteiger partial charge in [0.2, 0.25) is 0 Å². The number of hydrogen-bond donors (Lipinski definition) is 1. The summed E-state index contributed by atoms with van der Waals surface area (Å²) in [6.07, 6.45) is 6.70. The van der Waals surface area contributed by atoms with Crippen LogP contribution in [0.15, 0.2) is 36.7 Å². The molecule has 4 nitrogen and oxygen atoms in total. The second-order valence-electron chi connectivity index (χ2n) is 6.17. The molecule has 4 heteroatoms. The Balaban J connectivity index is 1.49. The number of rotatable bonds is 7. The van der Waals surface area contributed by atoms with Crippen LogP contribution < -0.4 is 5.32 Å². The minimum absolute atomic E-state index is 0.773. The molecule has 0 atom stereocenters. The van der Waals surface area contributed by atoms with Crippen molar-refractivity contribution in [3.63, 3.8) is 0 Å². The number of aryl methyl sites for hydroxylation is 1. The lowest BCUT2D eigenvalue weighted by atomic mass is 10.1. The fourth-order valence-corrected chi connectivity index (χ4v) is 2.54. The highest BCUT2D eigenvalue weighted by Crippen LogP contribution is 2.19. The van der Waals surface area contributed by atoms with E-state index in [-0.39, 0.29) is 0 Å². The molecular formula is C17H24N4. The van der Waals surface area contributed by atoms with E-state index in [1.54, 1.807) is 0 Å². The van der Waals surface area contributed by atoms with Gasteiger partial charge in [0.1, 0.15) is 0 Å². The summed E-state index contributed by atoms with van der Waals surface area (Å²) < 4.78 is 1.85. The lowest BCUT2D eigenvalue weighted by molar-refractivity contribution is 0.319. The molecule has 112 valence electrons. The Kier molecular flexibility index (Phi) is 4.36. The molecule has 1 N–H and O–H groups in total. The molecule has 0 amide bonds. The van der Waals surface area contributed by atoms with Crippen LogP contribution in [-0.4, -0.2) is 27.8 Å². The van der Waals surface area contributed by atoms with Crippen molar-refractivity contribution in [1.29, 1.82) is 0 Å². The van der Waals surface area contributed by atoms with Gasteiger partial charge in [-0.1, -0.05) is 24.3 Å². The number of hydrogen-bond acceptors (Lipinski definition) is 3. The highest BCUT2D eigenvalue weighted by Gasteiger charge is 2.19. The van der Waals surface area contributed by atoms with Gasteiger partial charge in [0, 0.05) is 44.5 Å². The van der Waals surface area contributed by atoms with Crippen molar-refractivity contribution in [3.8, 4) is 0 Å². The van der Waals surface area contributed by atoms with Crippen molar-refractivity contribution in [2.75, 3.05) is 7.05 Å². The normalized spacial score (nSPS) is 14.8. The molecule has 0 unspecified atom stereocenters. The van der Waals surface area contributed by atoms with Crippen LogP contribution in [0.4, 0.5) is 0 Å². The molecule has 1 heterocycles. The Labute approximate surface area is 126 Å². The van der Waals surface area contributed by atoms with E-state index in [0.717, 1.165) is 25.7 Å². The first-order chi connectivity index (χ1) is 10.2. The predicted molar refractivity (Wildman–Crippen MR) is 84.7 cm³/mol. The molecular weight excluding hydrogens is 260 g/mol. The van der Waals surface area contributed by atoms with Gasteiger partial charge in [-0.15, -0.1) is 0 Å². The van der Waals surface area contributed by atoms with Crippen LogP contribution in [0.5, 0.6) is 0 Å².